The van der Waals surface area contributed by atoms with Crippen molar-refractivity contribution in [2.45, 2.75) is 11.4 Å². The third kappa shape index (κ3) is 3.60. The molecule has 0 aliphatic carbocycles. The van der Waals surface area contributed by atoms with E-state index in [0.717, 1.165) is 5.56 Å². The van der Waals surface area contributed by atoms with E-state index < -0.39 is 10.0 Å². The standard InChI is InChI=1S/C13H12Br2N2O2S/c14-10-6-11(15)13(12(16)7-10)20(18,19)17-8-9-4-2-1-3-5-9/h1-7,17H,8,16H2. The average molecular weight is 420 g/mol. The van der Waals surface area contributed by atoms with Gasteiger partial charge in [0.15, 0.2) is 0 Å². The monoisotopic (exact) mass is 418 g/mol. The molecule has 0 fully saturated rings. The molecule has 0 heterocycles. The highest BCUT2D eigenvalue weighted by Crippen LogP contribution is 2.31. The van der Waals surface area contributed by atoms with Gasteiger partial charge in [-0.25, -0.2) is 13.1 Å². The number of hydrogen-bond donors (Lipinski definition) is 2. The third-order valence-electron chi connectivity index (χ3n) is 2.61. The van der Waals surface area contributed by atoms with E-state index in [9.17, 15) is 8.42 Å². The molecule has 0 bridgehead atoms. The summed E-state index contributed by atoms with van der Waals surface area (Å²) in [5, 5.41) is 0. The molecule has 3 N–H and O–H groups in total. The topological polar surface area (TPSA) is 72.2 Å². The maximum atomic E-state index is 12.3. The van der Waals surface area contributed by atoms with Crippen LogP contribution in [-0.2, 0) is 16.6 Å². The van der Waals surface area contributed by atoms with E-state index in [1.165, 1.54) is 0 Å². The summed E-state index contributed by atoms with van der Waals surface area (Å²) in [6.45, 7) is 0.213. The molecule has 7 heteroatoms. The van der Waals surface area contributed by atoms with Crippen LogP contribution >= 0.6 is 31.9 Å². The molecule has 2 rings (SSSR count). The van der Waals surface area contributed by atoms with Crippen molar-refractivity contribution in [1.29, 1.82) is 0 Å². The van der Waals surface area contributed by atoms with Crippen molar-refractivity contribution in [3.8, 4) is 0 Å². The van der Waals surface area contributed by atoms with Crippen molar-refractivity contribution in [2.75, 3.05) is 5.73 Å². The Morgan fingerprint density at radius 2 is 1.75 bits per heavy atom. The van der Waals surface area contributed by atoms with Gasteiger partial charge >= 0.3 is 0 Å². The number of nitrogens with one attached hydrogen (secondary N) is 1. The van der Waals surface area contributed by atoms with E-state index in [1.54, 1.807) is 12.1 Å². The number of halogens is 2. The summed E-state index contributed by atoms with van der Waals surface area (Å²) < 4.78 is 28.3. The minimum absolute atomic E-state index is 0.0524. The van der Waals surface area contributed by atoms with Crippen molar-refractivity contribution >= 4 is 47.6 Å². The largest absolute Gasteiger partial charge is 0.398 e. The summed E-state index contributed by atoms with van der Waals surface area (Å²) in [6.07, 6.45) is 0. The zero-order valence-corrected chi connectivity index (χ0v) is 14.3. The van der Waals surface area contributed by atoms with Crippen LogP contribution in [0.2, 0.25) is 0 Å². The Kier molecular flexibility index (Phi) is 4.85. The molecule has 2 aromatic carbocycles. The predicted octanol–water partition coefficient (Wildman–Crippen LogP) is 3.27. The van der Waals surface area contributed by atoms with Gasteiger partial charge in [-0.1, -0.05) is 46.3 Å². The molecule has 2 aromatic rings. The Morgan fingerprint density at radius 3 is 2.35 bits per heavy atom. The van der Waals surface area contributed by atoms with Crippen LogP contribution in [0.25, 0.3) is 0 Å². The molecular weight excluding hydrogens is 408 g/mol. The second kappa shape index (κ2) is 6.26. The van der Waals surface area contributed by atoms with Gasteiger partial charge in [-0.2, -0.15) is 0 Å². The van der Waals surface area contributed by atoms with Crippen LogP contribution in [-0.4, -0.2) is 8.42 Å². The molecule has 0 radical (unpaired) electrons. The summed E-state index contributed by atoms with van der Waals surface area (Å²) in [5.41, 5.74) is 6.86. The smallest absolute Gasteiger partial charge is 0.244 e. The first kappa shape index (κ1) is 15.5. The minimum Gasteiger partial charge on any atom is -0.398 e. The molecule has 20 heavy (non-hydrogen) atoms. The van der Waals surface area contributed by atoms with Crippen LogP contribution in [0, 0.1) is 0 Å². The molecule has 0 spiro atoms. The quantitative estimate of drug-likeness (QED) is 0.747. The Balaban J connectivity index is 2.28. The summed E-state index contributed by atoms with van der Waals surface area (Å²) in [5.74, 6) is 0. The summed E-state index contributed by atoms with van der Waals surface area (Å²) in [4.78, 5) is 0.0524. The van der Waals surface area contributed by atoms with Crippen molar-refractivity contribution in [2.24, 2.45) is 0 Å². The van der Waals surface area contributed by atoms with E-state index in [4.69, 9.17) is 5.73 Å². The van der Waals surface area contributed by atoms with Gasteiger partial charge in [0.2, 0.25) is 10.0 Å². The molecule has 4 nitrogen and oxygen atoms in total. The molecule has 0 atom stereocenters. The Bertz CT molecular complexity index is 695. The molecule has 0 unspecified atom stereocenters. The van der Waals surface area contributed by atoms with E-state index in [1.807, 2.05) is 30.3 Å². The number of sulfonamides is 1. The van der Waals surface area contributed by atoms with Gasteiger partial charge in [0, 0.05) is 15.5 Å². The number of rotatable bonds is 4. The molecule has 0 aliphatic heterocycles. The summed E-state index contributed by atoms with van der Waals surface area (Å²) in [6, 6.07) is 12.5. The van der Waals surface area contributed by atoms with Gasteiger partial charge in [0.05, 0.1) is 5.69 Å². The van der Waals surface area contributed by atoms with E-state index in [0.29, 0.717) is 8.95 Å². The van der Waals surface area contributed by atoms with Crippen LogP contribution in [0.5, 0.6) is 0 Å². The Morgan fingerprint density at radius 1 is 1.10 bits per heavy atom. The lowest BCUT2D eigenvalue weighted by Crippen LogP contribution is -2.24. The first-order valence-electron chi connectivity index (χ1n) is 5.68. The third-order valence-corrected chi connectivity index (χ3v) is 5.48. The molecule has 0 saturated heterocycles. The fraction of sp³-hybridized carbons (Fsp3) is 0.0769. The molecule has 0 aromatic heterocycles. The number of nitrogen functional groups attached to an aromatic ring is 1. The predicted molar refractivity (Wildman–Crippen MR) is 86.7 cm³/mol. The second-order valence-electron chi connectivity index (χ2n) is 4.12. The van der Waals surface area contributed by atoms with Gasteiger partial charge < -0.3 is 5.73 Å². The Hall–Kier alpha value is -0.890. The number of benzene rings is 2. The molecule has 0 aliphatic rings. The van der Waals surface area contributed by atoms with Gasteiger partial charge in [-0.15, -0.1) is 0 Å². The normalized spacial score (nSPS) is 11.5. The van der Waals surface area contributed by atoms with Crippen molar-refractivity contribution in [1.82, 2.24) is 4.72 Å². The number of hydrogen-bond acceptors (Lipinski definition) is 3. The molecule has 0 amide bonds. The van der Waals surface area contributed by atoms with Crippen LogP contribution in [0.15, 0.2) is 56.3 Å². The number of anilines is 1. The highest BCUT2D eigenvalue weighted by Gasteiger charge is 2.21. The molecular formula is C13H12Br2N2O2S. The lowest BCUT2D eigenvalue weighted by atomic mass is 10.2. The van der Waals surface area contributed by atoms with Gasteiger partial charge in [0.1, 0.15) is 4.90 Å². The lowest BCUT2D eigenvalue weighted by molar-refractivity contribution is 0.581. The van der Waals surface area contributed by atoms with E-state index >= 15 is 0 Å². The lowest BCUT2D eigenvalue weighted by Gasteiger charge is -2.11. The van der Waals surface area contributed by atoms with E-state index in [2.05, 4.69) is 36.6 Å². The minimum atomic E-state index is -3.68. The summed E-state index contributed by atoms with van der Waals surface area (Å²) in [7, 11) is -3.68. The van der Waals surface area contributed by atoms with E-state index in [-0.39, 0.29) is 17.1 Å². The Labute approximate surface area is 134 Å². The second-order valence-corrected chi connectivity index (χ2v) is 7.59. The first-order valence-corrected chi connectivity index (χ1v) is 8.75. The van der Waals surface area contributed by atoms with Crippen molar-refractivity contribution in [3.63, 3.8) is 0 Å². The average Bonchev–Trinajstić information content (AvgIpc) is 2.36. The van der Waals surface area contributed by atoms with Crippen LogP contribution in [0.1, 0.15) is 5.56 Å². The maximum absolute atomic E-state index is 12.3. The fourth-order valence-electron chi connectivity index (χ4n) is 1.71. The van der Waals surface area contributed by atoms with Gasteiger partial charge in [-0.3, -0.25) is 0 Å². The van der Waals surface area contributed by atoms with Crippen LogP contribution in [0.4, 0.5) is 5.69 Å². The zero-order valence-electron chi connectivity index (χ0n) is 10.3. The van der Waals surface area contributed by atoms with Crippen molar-refractivity contribution < 1.29 is 8.42 Å². The van der Waals surface area contributed by atoms with Crippen LogP contribution < -0.4 is 10.5 Å². The summed E-state index contributed by atoms with van der Waals surface area (Å²) >= 11 is 6.50. The van der Waals surface area contributed by atoms with Crippen LogP contribution in [0.3, 0.4) is 0 Å². The maximum Gasteiger partial charge on any atom is 0.244 e. The van der Waals surface area contributed by atoms with Crippen molar-refractivity contribution in [3.05, 3.63) is 57.0 Å². The highest BCUT2D eigenvalue weighted by atomic mass is 79.9. The fourth-order valence-corrected chi connectivity index (χ4v) is 4.79. The molecule has 106 valence electrons. The first-order chi connectivity index (χ1) is 9.40. The highest BCUT2D eigenvalue weighted by molar-refractivity contribution is 9.11. The zero-order chi connectivity index (χ0) is 14.8. The van der Waals surface area contributed by atoms with Gasteiger partial charge in [-0.05, 0) is 33.6 Å². The number of nitrogens with two attached hydrogens (primary N) is 1. The van der Waals surface area contributed by atoms with Gasteiger partial charge in [0.25, 0.3) is 0 Å². The SMILES string of the molecule is Nc1cc(Br)cc(Br)c1S(=O)(=O)NCc1ccccc1. The molecule has 0 saturated carbocycles.